The number of carbonyl (C=O) groups excluding carboxylic acids is 1. The van der Waals surface area contributed by atoms with Gasteiger partial charge in [-0.2, -0.15) is 0 Å². The van der Waals surface area contributed by atoms with Crippen LogP contribution >= 0.6 is 11.8 Å². The monoisotopic (exact) mass is 451 g/mol. The van der Waals surface area contributed by atoms with E-state index in [2.05, 4.69) is 10.6 Å². The van der Waals surface area contributed by atoms with Crippen molar-refractivity contribution in [2.24, 2.45) is 17.6 Å². The summed E-state index contributed by atoms with van der Waals surface area (Å²) in [7, 11) is 0. The summed E-state index contributed by atoms with van der Waals surface area (Å²) in [6.07, 6.45) is 5.33. The van der Waals surface area contributed by atoms with Crippen LogP contribution in [0.4, 0.5) is 0 Å². The summed E-state index contributed by atoms with van der Waals surface area (Å²) < 4.78 is 0. The second kappa shape index (κ2) is 8.63. The molecule has 4 atom stereocenters. The third-order valence-electron chi connectivity index (χ3n) is 7.26. The molecule has 1 saturated heterocycles. The van der Waals surface area contributed by atoms with E-state index in [0.717, 1.165) is 43.4 Å². The summed E-state index contributed by atoms with van der Waals surface area (Å²) in [6, 6.07) is 0.971. The maximum Gasteiger partial charge on any atom is 0.353 e. The summed E-state index contributed by atoms with van der Waals surface area (Å²) in [5.74, 6) is -1.87. The van der Waals surface area contributed by atoms with Gasteiger partial charge in [0, 0.05) is 34.2 Å². The van der Waals surface area contributed by atoms with E-state index >= 15 is 0 Å². The lowest BCUT2D eigenvalue weighted by molar-refractivity contribution is -0.163. The highest BCUT2D eigenvalue weighted by molar-refractivity contribution is 8.03. The molecular weight excluding hydrogens is 418 g/mol. The molecule has 0 aromatic heterocycles. The van der Waals surface area contributed by atoms with Crippen LogP contribution in [0.1, 0.15) is 52.4 Å². The second-order valence-electron chi connectivity index (χ2n) is 9.45. The minimum Gasteiger partial charge on any atom is -0.477 e. The van der Waals surface area contributed by atoms with Crippen molar-refractivity contribution in [3.63, 3.8) is 0 Å². The second-order valence-corrected chi connectivity index (χ2v) is 10.8. The number of amides is 1. The number of aliphatic hydroxyl groups is 1. The van der Waals surface area contributed by atoms with E-state index in [1.165, 1.54) is 4.90 Å². The number of hydrogen-bond donors (Lipinski definition) is 6. The number of β-lactam (4-membered cyclic amide) rings is 1. The first kappa shape index (κ1) is 22.4. The van der Waals surface area contributed by atoms with Gasteiger partial charge in [-0.05, 0) is 45.4 Å². The van der Waals surface area contributed by atoms with Crippen molar-refractivity contribution < 1.29 is 19.8 Å². The number of hydrogen-bond acceptors (Lipinski definition) is 6. The summed E-state index contributed by atoms with van der Waals surface area (Å²) in [6.45, 7) is 3.57. The fraction of sp³-hybridized carbons (Fsp3) is 0.762. The number of carboxylic acids is 1. The van der Waals surface area contributed by atoms with Gasteiger partial charge < -0.3 is 31.5 Å². The van der Waals surface area contributed by atoms with Crippen molar-refractivity contribution in [2.75, 3.05) is 0 Å². The van der Waals surface area contributed by atoms with Crippen LogP contribution in [-0.2, 0) is 9.59 Å². The standard InChI is InChI=1S/C21H33N5O4S/c1-9-16-15(10(2)27)19(28)26(16)17(20(29)30)18(9)31-14-7-13(8-14)24-11-3-5-12(6-4-11)25-21(22)23/h9-16,24,27H,3-8H2,1-2H3,(H,29,30)(H4,22,23,25)/t9-,10-,11-,12-,13?,14?,15-,16-/m1/s1. The van der Waals surface area contributed by atoms with Gasteiger partial charge in [0.25, 0.3) is 0 Å². The Balaban J connectivity index is 1.29. The van der Waals surface area contributed by atoms with Crippen LogP contribution < -0.4 is 16.4 Å². The molecule has 7 N–H and O–H groups in total. The number of thioether (sulfide) groups is 1. The molecule has 2 aliphatic carbocycles. The number of nitrogens with one attached hydrogen (secondary N) is 3. The molecule has 0 radical (unpaired) electrons. The van der Waals surface area contributed by atoms with Crippen LogP contribution in [0.2, 0.25) is 0 Å². The quantitative estimate of drug-likeness (QED) is 0.189. The van der Waals surface area contributed by atoms with E-state index in [0.29, 0.717) is 23.4 Å². The van der Waals surface area contributed by atoms with Gasteiger partial charge in [0.2, 0.25) is 5.91 Å². The lowest BCUT2D eigenvalue weighted by atomic mass is 9.79. The molecule has 0 bridgehead atoms. The van der Waals surface area contributed by atoms with E-state index in [1.54, 1.807) is 18.7 Å². The average Bonchev–Trinajstić information content (AvgIpc) is 2.89. The van der Waals surface area contributed by atoms with Gasteiger partial charge in [0.15, 0.2) is 5.96 Å². The molecule has 3 fully saturated rings. The number of rotatable bonds is 7. The molecular formula is C21H33N5O4S. The zero-order valence-corrected chi connectivity index (χ0v) is 18.8. The fourth-order valence-electron chi connectivity index (χ4n) is 5.61. The molecule has 0 aromatic rings. The molecule has 9 nitrogen and oxygen atoms in total. The van der Waals surface area contributed by atoms with Crippen molar-refractivity contribution in [3.05, 3.63) is 10.6 Å². The summed E-state index contributed by atoms with van der Waals surface area (Å²) >= 11 is 1.61. The lowest BCUT2D eigenvalue weighted by Crippen LogP contribution is -2.63. The molecule has 31 heavy (non-hydrogen) atoms. The predicted molar refractivity (Wildman–Crippen MR) is 118 cm³/mol. The molecule has 1 amide bonds. The van der Waals surface area contributed by atoms with Crippen LogP contribution in [-0.4, -0.2) is 68.5 Å². The van der Waals surface area contributed by atoms with Gasteiger partial charge in [-0.3, -0.25) is 10.2 Å². The number of nitrogens with two attached hydrogens (primary N) is 1. The minimum absolute atomic E-state index is 0.0395. The number of aliphatic hydroxyl groups excluding tert-OH is 1. The molecule has 4 aliphatic rings. The Bertz CT molecular complexity index is 789. The van der Waals surface area contributed by atoms with Gasteiger partial charge in [-0.15, -0.1) is 11.8 Å². The van der Waals surface area contributed by atoms with Crippen molar-refractivity contribution in [3.8, 4) is 0 Å². The van der Waals surface area contributed by atoms with Crippen LogP contribution in [0.25, 0.3) is 0 Å². The largest absolute Gasteiger partial charge is 0.477 e. The molecule has 10 heteroatoms. The molecule has 0 unspecified atom stereocenters. The topological polar surface area (TPSA) is 152 Å². The van der Waals surface area contributed by atoms with Gasteiger partial charge in [-0.25, -0.2) is 4.79 Å². The lowest BCUT2D eigenvalue weighted by Gasteiger charge is -2.46. The Hall–Kier alpha value is -1.78. The summed E-state index contributed by atoms with van der Waals surface area (Å²) in [5, 5.41) is 34.1. The minimum atomic E-state index is -1.06. The van der Waals surface area contributed by atoms with Crippen LogP contribution in [0.15, 0.2) is 10.6 Å². The Morgan fingerprint density at radius 3 is 2.39 bits per heavy atom. The van der Waals surface area contributed by atoms with Crippen LogP contribution in [0.5, 0.6) is 0 Å². The highest BCUT2D eigenvalue weighted by Crippen LogP contribution is 2.53. The van der Waals surface area contributed by atoms with E-state index in [-0.39, 0.29) is 29.5 Å². The van der Waals surface area contributed by atoms with E-state index in [9.17, 15) is 19.8 Å². The first-order chi connectivity index (χ1) is 14.7. The number of aliphatic carboxylic acids is 1. The molecule has 0 spiro atoms. The average molecular weight is 452 g/mol. The first-order valence-corrected chi connectivity index (χ1v) is 12.1. The van der Waals surface area contributed by atoms with E-state index in [1.807, 2.05) is 6.92 Å². The van der Waals surface area contributed by atoms with Gasteiger partial charge in [0.05, 0.1) is 18.1 Å². The maximum atomic E-state index is 12.4. The molecule has 172 valence electrons. The van der Waals surface area contributed by atoms with Crippen molar-refractivity contribution in [2.45, 2.75) is 87.9 Å². The number of fused-ring (bicyclic) bond motifs is 1. The normalized spacial score (nSPS) is 38.2. The third-order valence-corrected chi connectivity index (χ3v) is 8.80. The summed E-state index contributed by atoms with van der Waals surface area (Å²) in [4.78, 5) is 26.5. The smallest absolute Gasteiger partial charge is 0.353 e. The number of nitrogens with zero attached hydrogens (tertiary/aromatic N) is 1. The SMILES string of the molecule is C[C@@H](O)[C@H]1C(=O)N2C(C(=O)O)=C(SC3CC(N[C@H]4CC[C@H](NC(=N)N)CC4)C3)[C@H](C)[C@H]12. The van der Waals surface area contributed by atoms with Gasteiger partial charge >= 0.3 is 5.97 Å². The van der Waals surface area contributed by atoms with Crippen LogP contribution in [0.3, 0.4) is 0 Å². The van der Waals surface area contributed by atoms with Gasteiger partial charge in [-0.1, -0.05) is 6.92 Å². The highest BCUT2D eigenvalue weighted by Gasteiger charge is 2.60. The fourth-order valence-corrected chi connectivity index (χ4v) is 7.28. The Kier molecular flexibility index (Phi) is 6.24. The maximum absolute atomic E-state index is 12.4. The van der Waals surface area contributed by atoms with Gasteiger partial charge in [0.1, 0.15) is 5.70 Å². The third kappa shape index (κ3) is 4.17. The Labute approximate surface area is 186 Å². The Morgan fingerprint density at radius 2 is 1.84 bits per heavy atom. The predicted octanol–water partition coefficient (Wildman–Crippen LogP) is 0.788. The van der Waals surface area contributed by atoms with Crippen LogP contribution in [0, 0.1) is 17.2 Å². The van der Waals surface area contributed by atoms with Crippen molar-refractivity contribution >= 4 is 29.6 Å². The number of guanidine groups is 1. The number of carboxylic acid groups (broad SMARTS) is 1. The molecule has 4 rings (SSSR count). The molecule has 2 aliphatic heterocycles. The number of carbonyl (C=O) groups is 2. The van der Waals surface area contributed by atoms with Crippen molar-refractivity contribution in [1.82, 2.24) is 15.5 Å². The zero-order valence-electron chi connectivity index (χ0n) is 18.0. The van der Waals surface area contributed by atoms with E-state index < -0.39 is 18.0 Å². The molecule has 2 saturated carbocycles. The first-order valence-electron chi connectivity index (χ1n) is 11.2. The Morgan fingerprint density at radius 1 is 1.23 bits per heavy atom. The van der Waals surface area contributed by atoms with E-state index in [4.69, 9.17) is 11.1 Å². The summed E-state index contributed by atoms with van der Waals surface area (Å²) in [5.41, 5.74) is 5.54. The van der Waals surface area contributed by atoms with Crippen molar-refractivity contribution in [1.29, 1.82) is 5.41 Å². The molecule has 2 heterocycles. The highest BCUT2D eigenvalue weighted by atomic mass is 32.2. The molecule has 0 aromatic carbocycles. The zero-order chi connectivity index (χ0) is 22.4.